The largest absolute Gasteiger partial charge is 0.416 e. The summed E-state index contributed by atoms with van der Waals surface area (Å²) in [4.78, 5) is 3.82. The lowest BCUT2D eigenvalue weighted by atomic mass is 10.0. The van der Waals surface area contributed by atoms with Gasteiger partial charge in [0.05, 0.1) is 11.3 Å². The van der Waals surface area contributed by atoms with E-state index in [0.717, 1.165) is 18.2 Å². The molecule has 2 rings (SSSR count). The van der Waals surface area contributed by atoms with E-state index in [-0.39, 0.29) is 16.4 Å². The van der Waals surface area contributed by atoms with Gasteiger partial charge in [0.2, 0.25) is 0 Å². The predicted molar refractivity (Wildman–Crippen MR) is 64.4 cm³/mol. The Bertz CT molecular complexity index is 623. The minimum Gasteiger partial charge on any atom is -0.236 e. The van der Waals surface area contributed by atoms with Crippen LogP contribution in [0.3, 0.4) is 0 Å². The third-order valence-electron chi connectivity index (χ3n) is 2.60. The van der Waals surface area contributed by atoms with Crippen molar-refractivity contribution in [1.29, 1.82) is 0 Å². The molecule has 1 heterocycles. The molecule has 0 radical (unpaired) electrons. The number of rotatable bonds is 1. The molecule has 1 aromatic carbocycles. The van der Waals surface area contributed by atoms with Gasteiger partial charge < -0.3 is 0 Å². The van der Waals surface area contributed by atoms with E-state index in [1.54, 1.807) is 6.92 Å². The van der Waals surface area contributed by atoms with Gasteiger partial charge in [-0.3, -0.25) is 0 Å². The molecule has 0 aliphatic rings. The van der Waals surface area contributed by atoms with Crippen molar-refractivity contribution in [2.45, 2.75) is 13.1 Å². The van der Waals surface area contributed by atoms with Crippen molar-refractivity contribution in [1.82, 2.24) is 4.98 Å². The van der Waals surface area contributed by atoms with Gasteiger partial charge in [-0.1, -0.05) is 17.7 Å². The first-order chi connectivity index (χ1) is 8.77. The van der Waals surface area contributed by atoms with Crippen LogP contribution in [0.25, 0.3) is 11.3 Å². The summed E-state index contributed by atoms with van der Waals surface area (Å²) in [6.07, 6.45) is -4.53. The first-order valence-electron chi connectivity index (χ1n) is 5.28. The van der Waals surface area contributed by atoms with E-state index in [1.807, 2.05) is 0 Å². The molecule has 0 unspecified atom stereocenters. The van der Waals surface area contributed by atoms with E-state index >= 15 is 0 Å². The number of benzene rings is 1. The molecule has 1 aromatic heterocycles. The first-order valence-corrected chi connectivity index (χ1v) is 5.66. The number of aromatic nitrogens is 1. The molecule has 0 aliphatic carbocycles. The van der Waals surface area contributed by atoms with Gasteiger partial charge >= 0.3 is 6.18 Å². The van der Waals surface area contributed by atoms with Crippen LogP contribution >= 0.6 is 11.6 Å². The minimum absolute atomic E-state index is 0.00294. The molecule has 19 heavy (non-hydrogen) atoms. The van der Waals surface area contributed by atoms with Crippen LogP contribution in [0.1, 0.15) is 11.1 Å². The standard InChI is InChI=1S/C13H8ClF4N/c1-7-2-3-9(15)6-10(7)11-4-8(13(16,17)18)5-12(14)19-11/h2-6H,1H3. The highest BCUT2D eigenvalue weighted by molar-refractivity contribution is 6.29. The Balaban J connectivity index is 2.63. The molecule has 0 saturated carbocycles. The van der Waals surface area contributed by atoms with Crippen LogP contribution < -0.4 is 0 Å². The normalized spacial score (nSPS) is 11.7. The third-order valence-corrected chi connectivity index (χ3v) is 2.79. The zero-order valence-corrected chi connectivity index (χ0v) is 10.5. The molecule has 0 bridgehead atoms. The lowest BCUT2D eigenvalue weighted by molar-refractivity contribution is -0.137. The topological polar surface area (TPSA) is 12.9 Å². The van der Waals surface area contributed by atoms with Crippen LogP contribution in [-0.2, 0) is 6.18 Å². The van der Waals surface area contributed by atoms with Crippen LogP contribution in [0.4, 0.5) is 17.6 Å². The van der Waals surface area contributed by atoms with Crippen molar-refractivity contribution < 1.29 is 17.6 Å². The highest BCUT2D eigenvalue weighted by atomic mass is 35.5. The van der Waals surface area contributed by atoms with Gasteiger partial charge in [0.1, 0.15) is 11.0 Å². The van der Waals surface area contributed by atoms with Gasteiger partial charge in [0, 0.05) is 5.56 Å². The fourth-order valence-corrected chi connectivity index (χ4v) is 1.88. The monoisotopic (exact) mass is 289 g/mol. The fourth-order valence-electron chi connectivity index (χ4n) is 1.67. The zero-order valence-electron chi connectivity index (χ0n) is 9.72. The second-order valence-electron chi connectivity index (χ2n) is 4.02. The maximum absolute atomic E-state index is 13.2. The average Bonchev–Trinajstić information content (AvgIpc) is 2.30. The fraction of sp³-hybridized carbons (Fsp3) is 0.154. The van der Waals surface area contributed by atoms with Crippen molar-refractivity contribution >= 4 is 11.6 Å². The zero-order chi connectivity index (χ0) is 14.2. The Hall–Kier alpha value is -1.62. The van der Waals surface area contributed by atoms with Gasteiger partial charge in [-0.05, 0) is 36.8 Å². The van der Waals surface area contributed by atoms with Crippen molar-refractivity contribution in [2.75, 3.05) is 0 Å². The summed E-state index contributed by atoms with van der Waals surface area (Å²) in [5.41, 5.74) is -0.0136. The summed E-state index contributed by atoms with van der Waals surface area (Å²) in [6, 6.07) is 5.43. The maximum atomic E-state index is 13.2. The van der Waals surface area contributed by atoms with E-state index in [1.165, 1.54) is 12.1 Å². The molecule has 0 N–H and O–H groups in total. The Kier molecular flexibility index (Phi) is 3.49. The number of alkyl halides is 3. The number of aryl methyl sites for hydroxylation is 1. The number of pyridine rings is 1. The van der Waals surface area contributed by atoms with Gasteiger partial charge in [0.25, 0.3) is 0 Å². The number of nitrogens with zero attached hydrogens (tertiary/aromatic N) is 1. The molecule has 0 atom stereocenters. The Morgan fingerprint density at radius 1 is 1.11 bits per heavy atom. The lowest BCUT2D eigenvalue weighted by Gasteiger charge is -2.11. The van der Waals surface area contributed by atoms with Crippen LogP contribution in [0.2, 0.25) is 5.15 Å². The van der Waals surface area contributed by atoms with Gasteiger partial charge in [-0.25, -0.2) is 9.37 Å². The number of halogens is 5. The second-order valence-corrected chi connectivity index (χ2v) is 4.41. The van der Waals surface area contributed by atoms with Crippen LogP contribution in [-0.4, -0.2) is 4.98 Å². The van der Waals surface area contributed by atoms with Crippen molar-refractivity contribution in [2.24, 2.45) is 0 Å². The Morgan fingerprint density at radius 3 is 2.42 bits per heavy atom. The van der Waals surface area contributed by atoms with Gasteiger partial charge in [0.15, 0.2) is 0 Å². The summed E-state index contributed by atoms with van der Waals surface area (Å²) < 4.78 is 51.2. The average molecular weight is 290 g/mol. The van der Waals surface area contributed by atoms with E-state index < -0.39 is 17.6 Å². The summed E-state index contributed by atoms with van der Waals surface area (Å²) in [6.45, 7) is 1.66. The lowest BCUT2D eigenvalue weighted by Crippen LogP contribution is -2.06. The minimum atomic E-state index is -4.53. The molecule has 0 fully saturated rings. The highest BCUT2D eigenvalue weighted by Crippen LogP contribution is 2.34. The van der Waals surface area contributed by atoms with Crippen molar-refractivity contribution in [3.63, 3.8) is 0 Å². The number of hydrogen-bond acceptors (Lipinski definition) is 1. The summed E-state index contributed by atoms with van der Waals surface area (Å²) in [5, 5.41) is -0.284. The molecule has 0 spiro atoms. The second kappa shape index (κ2) is 4.81. The SMILES string of the molecule is Cc1ccc(F)cc1-c1cc(C(F)(F)F)cc(Cl)n1. The predicted octanol–water partition coefficient (Wildman–Crippen LogP) is 4.87. The quantitative estimate of drug-likeness (QED) is 0.539. The summed E-state index contributed by atoms with van der Waals surface area (Å²) in [7, 11) is 0. The molecule has 2 aromatic rings. The molecular formula is C13H8ClF4N. The van der Waals surface area contributed by atoms with Gasteiger partial charge in [-0.15, -0.1) is 0 Å². The van der Waals surface area contributed by atoms with E-state index in [9.17, 15) is 17.6 Å². The summed E-state index contributed by atoms with van der Waals surface area (Å²) >= 11 is 5.59. The molecule has 1 nitrogen and oxygen atoms in total. The van der Waals surface area contributed by atoms with Crippen LogP contribution in [0.15, 0.2) is 30.3 Å². The first kappa shape index (κ1) is 13.8. The van der Waals surface area contributed by atoms with E-state index in [2.05, 4.69) is 4.98 Å². The molecule has 0 saturated heterocycles. The Labute approximate surface area is 111 Å². The third kappa shape index (κ3) is 3.04. The smallest absolute Gasteiger partial charge is 0.236 e. The van der Waals surface area contributed by atoms with Crippen molar-refractivity contribution in [3.8, 4) is 11.3 Å². The van der Waals surface area contributed by atoms with E-state index in [4.69, 9.17) is 11.6 Å². The Morgan fingerprint density at radius 2 is 1.79 bits per heavy atom. The molecule has 6 heteroatoms. The molecule has 100 valence electrons. The summed E-state index contributed by atoms with van der Waals surface area (Å²) in [5.74, 6) is -0.545. The highest BCUT2D eigenvalue weighted by Gasteiger charge is 2.31. The molecule has 0 aliphatic heterocycles. The van der Waals surface area contributed by atoms with E-state index in [0.29, 0.717) is 5.56 Å². The van der Waals surface area contributed by atoms with Crippen LogP contribution in [0.5, 0.6) is 0 Å². The molecular weight excluding hydrogens is 282 g/mol. The number of hydrogen-bond donors (Lipinski definition) is 0. The van der Waals surface area contributed by atoms with Crippen molar-refractivity contribution in [3.05, 3.63) is 52.4 Å². The van der Waals surface area contributed by atoms with Crippen LogP contribution in [0, 0.1) is 12.7 Å². The maximum Gasteiger partial charge on any atom is 0.416 e. The molecule has 0 amide bonds. The van der Waals surface area contributed by atoms with Gasteiger partial charge in [-0.2, -0.15) is 13.2 Å².